The molecular weight excluding hydrogens is 214 g/mol. The zero-order valence-corrected chi connectivity index (χ0v) is 7.85. The second-order valence-corrected chi connectivity index (χ2v) is 2.70. The predicted octanol–water partition coefficient (Wildman–Crippen LogP) is 2.55. The van der Waals surface area contributed by atoms with Crippen molar-refractivity contribution in [3.8, 4) is 11.9 Å². The molecule has 74 valence electrons. The van der Waals surface area contributed by atoms with E-state index < -0.39 is 12.0 Å². The maximum absolute atomic E-state index is 12.5. The molecule has 6 heteroatoms. The first kappa shape index (κ1) is 10.7. The number of halogens is 3. The lowest BCUT2D eigenvalue weighted by molar-refractivity contribution is 0.146. The van der Waals surface area contributed by atoms with E-state index in [1.165, 1.54) is 7.11 Å². The number of hydrogen-bond donors (Lipinski definition) is 0. The highest BCUT2D eigenvalue weighted by atomic mass is 35.5. The van der Waals surface area contributed by atoms with Crippen LogP contribution in [0.25, 0.3) is 0 Å². The van der Waals surface area contributed by atoms with Gasteiger partial charge in [0.25, 0.3) is 6.43 Å². The van der Waals surface area contributed by atoms with Gasteiger partial charge < -0.3 is 4.74 Å². The summed E-state index contributed by atoms with van der Waals surface area (Å²) in [5, 5.41) is 8.22. The number of ether oxygens (including phenoxy) is 1. The Morgan fingerprint density at radius 2 is 2.29 bits per heavy atom. The summed E-state index contributed by atoms with van der Waals surface area (Å²) in [6.07, 6.45) is -1.73. The predicted molar refractivity (Wildman–Crippen MR) is 45.5 cm³/mol. The molecule has 0 aromatic carbocycles. The molecule has 0 N–H and O–H groups in total. The molecule has 14 heavy (non-hydrogen) atoms. The van der Waals surface area contributed by atoms with Crippen molar-refractivity contribution >= 4 is 11.6 Å². The number of aromatic nitrogens is 1. The van der Waals surface area contributed by atoms with Crippen LogP contribution in [-0.2, 0) is 0 Å². The second-order valence-electron chi connectivity index (χ2n) is 2.32. The number of methoxy groups -OCH3 is 1. The molecule has 0 saturated carbocycles. The molecule has 1 heterocycles. The van der Waals surface area contributed by atoms with Gasteiger partial charge in [0.1, 0.15) is 6.07 Å². The van der Waals surface area contributed by atoms with Crippen molar-refractivity contribution in [3.05, 3.63) is 22.3 Å². The Hall–Kier alpha value is -1.41. The normalized spacial score (nSPS) is 10.0. The van der Waals surface area contributed by atoms with Gasteiger partial charge in [0.2, 0.25) is 5.88 Å². The van der Waals surface area contributed by atoms with Gasteiger partial charge in [0, 0.05) is 0 Å². The lowest BCUT2D eigenvalue weighted by Gasteiger charge is -2.08. The van der Waals surface area contributed by atoms with Gasteiger partial charge in [0.15, 0.2) is 0 Å². The lowest BCUT2D eigenvalue weighted by Crippen LogP contribution is -1.98. The van der Waals surface area contributed by atoms with Crippen LogP contribution in [0.15, 0.2) is 6.20 Å². The molecule has 0 bridgehead atoms. The minimum absolute atomic E-state index is 0.0947. The fourth-order valence-corrected chi connectivity index (χ4v) is 1.17. The van der Waals surface area contributed by atoms with Gasteiger partial charge in [-0.15, -0.1) is 0 Å². The van der Waals surface area contributed by atoms with Gasteiger partial charge in [-0.25, -0.2) is 13.8 Å². The number of nitriles is 1. The van der Waals surface area contributed by atoms with Crippen LogP contribution in [0.3, 0.4) is 0 Å². The van der Waals surface area contributed by atoms with Crippen LogP contribution >= 0.6 is 11.6 Å². The van der Waals surface area contributed by atoms with Crippen LogP contribution in [0, 0.1) is 11.3 Å². The van der Waals surface area contributed by atoms with E-state index in [4.69, 9.17) is 16.9 Å². The van der Waals surface area contributed by atoms with Crippen molar-refractivity contribution in [2.45, 2.75) is 6.43 Å². The number of rotatable bonds is 2. The van der Waals surface area contributed by atoms with Crippen LogP contribution in [0.4, 0.5) is 8.78 Å². The molecular formula is C8H5ClF2N2O. The molecule has 1 rings (SSSR count). The standard InChI is InChI=1S/C8H5ClF2N2O/c1-14-8-5(7(10)11)6(9)4(2-12)3-13-8/h3,7H,1H3. The van der Waals surface area contributed by atoms with Crippen molar-refractivity contribution in [2.24, 2.45) is 0 Å². The van der Waals surface area contributed by atoms with Crippen molar-refractivity contribution in [2.75, 3.05) is 7.11 Å². The van der Waals surface area contributed by atoms with Gasteiger partial charge in [-0.1, -0.05) is 11.6 Å². The monoisotopic (exact) mass is 218 g/mol. The zero-order chi connectivity index (χ0) is 10.7. The second kappa shape index (κ2) is 4.20. The summed E-state index contributed by atoms with van der Waals surface area (Å²) in [6.45, 7) is 0. The zero-order valence-electron chi connectivity index (χ0n) is 7.09. The quantitative estimate of drug-likeness (QED) is 0.766. The molecule has 0 aliphatic rings. The van der Waals surface area contributed by atoms with Crippen molar-refractivity contribution in [1.82, 2.24) is 4.98 Å². The Balaban J connectivity index is 3.41. The molecule has 0 aliphatic heterocycles. The highest BCUT2D eigenvalue weighted by Crippen LogP contribution is 2.35. The maximum Gasteiger partial charge on any atom is 0.270 e. The Morgan fingerprint density at radius 1 is 1.64 bits per heavy atom. The SMILES string of the molecule is COc1ncc(C#N)c(Cl)c1C(F)F. The van der Waals surface area contributed by atoms with Crippen molar-refractivity contribution in [1.29, 1.82) is 5.26 Å². The maximum atomic E-state index is 12.5. The van der Waals surface area contributed by atoms with E-state index in [0.717, 1.165) is 6.20 Å². The third-order valence-corrected chi connectivity index (χ3v) is 1.95. The molecule has 0 spiro atoms. The molecule has 0 saturated heterocycles. The van der Waals surface area contributed by atoms with Crippen LogP contribution < -0.4 is 4.74 Å². The van der Waals surface area contributed by atoms with E-state index in [1.54, 1.807) is 6.07 Å². The van der Waals surface area contributed by atoms with E-state index >= 15 is 0 Å². The summed E-state index contributed by atoms with van der Waals surface area (Å²) >= 11 is 5.57. The number of pyridine rings is 1. The Labute approximate surface area is 83.9 Å². The molecule has 0 amide bonds. The fourth-order valence-electron chi connectivity index (χ4n) is 0.918. The van der Waals surface area contributed by atoms with Crippen LogP contribution in [-0.4, -0.2) is 12.1 Å². The first-order valence-electron chi connectivity index (χ1n) is 3.52. The molecule has 1 aromatic heterocycles. The van der Waals surface area contributed by atoms with Gasteiger partial charge >= 0.3 is 0 Å². The van der Waals surface area contributed by atoms with Gasteiger partial charge in [-0.2, -0.15) is 5.26 Å². The highest BCUT2D eigenvalue weighted by Gasteiger charge is 2.21. The third kappa shape index (κ3) is 1.75. The fraction of sp³-hybridized carbons (Fsp3) is 0.250. The average molecular weight is 219 g/mol. The molecule has 0 radical (unpaired) electrons. The molecule has 0 aliphatic carbocycles. The summed E-state index contributed by atoms with van der Waals surface area (Å²) in [7, 11) is 1.20. The topological polar surface area (TPSA) is 45.9 Å². The summed E-state index contributed by atoms with van der Waals surface area (Å²) in [6, 6.07) is 1.66. The summed E-state index contributed by atoms with van der Waals surface area (Å²) in [5.74, 6) is -0.260. The largest absolute Gasteiger partial charge is 0.481 e. The molecule has 0 fully saturated rings. The average Bonchev–Trinajstić information content (AvgIpc) is 2.16. The van der Waals surface area contributed by atoms with Gasteiger partial charge in [-0.3, -0.25) is 0 Å². The lowest BCUT2D eigenvalue weighted by atomic mass is 10.2. The van der Waals surface area contributed by atoms with Gasteiger partial charge in [0.05, 0.1) is 29.5 Å². The van der Waals surface area contributed by atoms with Crippen LogP contribution in [0.2, 0.25) is 5.02 Å². The van der Waals surface area contributed by atoms with Crippen LogP contribution in [0.1, 0.15) is 17.6 Å². The van der Waals surface area contributed by atoms with E-state index in [1.807, 2.05) is 0 Å². The minimum Gasteiger partial charge on any atom is -0.481 e. The van der Waals surface area contributed by atoms with Crippen LogP contribution in [0.5, 0.6) is 5.88 Å². The number of nitrogens with zero attached hydrogens (tertiary/aromatic N) is 2. The van der Waals surface area contributed by atoms with E-state index in [9.17, 15) is 8.78 Å². The minimum atomic E-state index is -2.82. The number of alkyl halides is 2. The number of hydrogen-bond acceptors (Lipinski definition) is 3. The van der Waals surface area contributed by atoms with E-state index in [0.29, 0.717) is 0 Å². The van der Waals surface area contributed by atoms with E-state index in [-0.39, 0.29) is 16.5 Å². The Kier molecular flexibility index (Phi) is 3.20. The molecule has 3 nitrogen and oxygen atoms in total. The highest BCUT2D eigenvalue weighted by molar-refractivity contribution is 6.32. The summed E-state index contributed by atoms with van der Waals surface area (Å²) in [4.78, 5) is 3.54. The summed E-state index contributed by atoms with van der Waals surface area (Å²) < 4.78 is 29.6. The van der Waals surface area contributed by atoms with Crippen molar-refractivity contribution in [3.63, 3.8) is 0 Å². The smallest absolute Gasteiger partial charge is 0.270 e. The summed E-state index contributed by atoms with van der Waals surface area (Å²) in [5.41, 5.74) is -0.643. The Morgan fingerprint density at radius 3 is 2.71 bits per heavy atom. The first-order valence-corrected chi connectivity index (χ1v) is 3.90. The molecule has 0 unspecified atom stereocenters. The molecule has 0 atom stereocenters. The van der Waals surface area contributed by atoms with Gasteiger partial charge in [-0.05, 0) is 0 Å². The van der Waals surface area contributed by atoms with E-state index in [2.05, 4.69) is 9.72 Å². The third-order valence-electron chi connectivity index (χ3n) is 1.55. The molecule has 1 aromatic rings. The van der Waals surface area contributed by atoms with Crippen molar-refractivity contribution < 1.29 is 13.5 Å². The first-order chi connectivity index (χ1) is 6.61. The Bertz CT molecular complexity index is 390.